The molecule has 36 heavy (non-hydrogen) atoms. The van der Waals surface area contributed by atoms with Crippen molar-refractivity contribution in [2.45, 2.75) is 26.2 Å². The summed E-state index contributed by atoms with van der Waals surface area (Å²) in [7, 11) is 0. The number of nitrogens with one attached hydrogen (secondary N) is 1. The largest absolute Gasteiger partial charge is 0.462 e. The molecule has 7 rings (SSSR count). The number of nitrogens with zero attached hydrogens (tertiary/aromatic N) is 1. The van der Waals surface area contributed by atoms with Crippen LogP contribution in [-0.2, 0) is 14.3 Å². The summed E-state index contributed by atoms with van der Waals surface area (Å²) >= 11 is 0. The molecule has 0 radical (unpaired) electrons. The van der Waals surface area contributed by atoms with Gasteiger partial charge in [-0.15, -0.1) is 0 Å². The summed E-state index contributed by atoms with van der Waals surface area (Å²) in [6, 6.07) is 13.1. The van der Waals surface area contributed by atoms with Gasteiger partial charge in [-0.05, 0) is 85.0 Å². The maximum absolute atomic E-state index is 13.3. The van der Waals surface area contributed by atoms with Gasteiger partial charge in [0.05, 0.1) is 29.7 Å². The number of hydrogen-bond donors (Lipinski definition) is 1. The zero-order valence-corrected chi connectivity index (χ0v) is 20.1. The second kappa shape index (κ2) is 8.73. The summed E-state index contributed by atoms with van der Waals surface area (Å²) in [5.41, 5.74) is 1.89. The van der Waals surface area contributed by atoms with Crippen LogP contribution in [0.25, 0.3) is 0 Å². The zero-order chi connectivity index (χ0) is 25.0. The topological polar surface area (TPSA) is 92.8 Å². The summed E-state index contributed by atoms with van der Waals surface area (Å²) in [5.74, 6) is 0.0629. The quantitative estimate of drug-likeness (QED) is 0.271. The molecule has 3 fully saturated rings. The molecule has 1 heterocycles. The first-order valence-corrected chi connectivity index (χ1v) is 12.7. The average molecular weight is 485 g/mol. The first-order chi connectivity index (χ1) is 17.5. The van der Waals surface area contributed by atoms with Gasteiger partial charge in [-0.3, -0.25) is 19.3 Å². The number of hydrogen-bond acceptors (Lipinski definition) is 5. The third-order valence-electron chi connectivity index (χ3n) is 8.16. The van der Waals surface area contributed by atoms with Gasteiger partial charge in [0.15, 0.2) is 0 Å². The van der Waals surface area contributed by atoms with Crippen molar-refractivity contribution in [1.29, 1.82) is 0 Å². The molecule has 184 valence electrons. The molecule has 1 N–H and O–H groups in total. The minimum absolute atomic E-state index is 0.111. The molecule has 5 aliphatic rings. The molecule has 4 aliphatic carbocycles. The lowest BCUT2D eigenvalue weighted by molar-refractivity contribution is -0.124. The second-order valence-electron chi connectivity index (χ2n) is 10.2. The van der Waals surface area contributed by atoms with Crippen LogP contribution in [0.4, 0.5) is 11.4 Å². The van der Waals surface area contributed by atoms with Gasteiger partial charge in [-0.1, -0.05) is 25.5 Å². The van der Waals surface area contributed by atoms with E-state index in [-0.39, 0.29) is 47.4 Å². The predicted octanol–water partition coefficient (Wildman–Crippen LogP) is 4.45. The number of benzene rings is 2. The second-order valence-corrected chi connectivity index (χ2v) is 10.2. The van der Waals surface area contributed by atoms with Crippen LogP contribution in [-0.4, -0.2) is 30.3 Å². The Labute approximate surface area is 209 Å². The van der Waals surface area contributed by atoms with Gasteiger partial charge < -0.3 is 10.1 Å². The van der Waals surface area contributed by atoms with Crippen LogP contribution in [0.15, 0.2) is 60.7 Å². The number of rotatable bonds is 7. The van der Waals surface area contributed by atoms with E-state index in [1.807, 2.05) is 6.92 Å². The molecule has 0 spiro atoms. The maximum atomic E-state index is 13.3. The molecule has 2 aromatic carbocycles. The van der Waals surface area contributed by atoms with Crippen LogP contribution in [0.1, 0.15) is 46.9 Å². The van der Waals surface area contributed by atoms with E-state index in [2.05, 4.69) is 17.5 Å². The molecule has 3 amide bonds. The lowest BCUT2D eigenvalue weighted by Crippen LogP contribution is -2.40. The van der Waals surface area contributed by atoms with Gasteiger partial charge in [0.25, 0.3) is 5.91 Å². The molecule has 1 aliphatic heterocycles. The summed E-state index contributed by atoms with van der Waals surface area (Å²) in [5, 5.41) is 2.81. The van der Waals surface area contributed by atoms with E-state index in [1.54, 1.807) is 48.5 Å². The molecule has 2 saturated carbocycles. The smallest absolute Gasteiger partial charge is 0.338 e. The van der Waals surface area contributed by atoms with Crippen LogP contribution in [0.2, 0.25) is 0 Å². The highest BCUT2D eigenvalue weighted by Crippen LogP contribution is 2.65. The van der Waals surface area contributed by atoms with E-state index in [9.17, 15) is 19.2 Å². The zero-order valence-electron chi connectivity index (χ0n) is 20.1. The number of unbranched alkanes of at least 4 members (excludes halogenated alkanes) is 1. The standard InChI is InChI=1S/C29H28N2O5/c1-2-3-14-36-29(35)17-4-8-18(9-5-17)30-26(32)16-6-10-19(11-7-16)31-27(33)24-20-12-13-21(23-15-22(20)23)25(24)28(31)34/h4-13,20-25H,2-3,14-15H2,1H3,(H,30,32)/t20-,21-,22-,23-,24+,25+/m0/s1. The summed E-state index contributed by atoms with van der Waals surface area (Å²) in [4.78, 5) is 52.7. The Bertz CT molecular complexity index is 1230. The summed E-state index contributed by atoms with van der Waals surface area (Å²) in [6.45, 7) is 2.41. The van der Waals surface area contributed by atoms with Crippen molar-refractivity contribution in [1.82, 2.24) is 0 Å². The van der Waals surface area contributed by atoms with Gasteiger partial charge in [0.1, 0.15) is 0 Å². The van der Waals surface area contributed by atoms with E-state index in [0.29, 0.717) is 40.9 Å². The van der Waals surface area contributed by atoms with E-state index >= 15 is 0 Å². The van der Waals surface area contributed by atoms with Crippen molar-refractivity contribution in [2.24, 2.45) is 35.5 Å². The van der Waals surface area contributed by atoms with Crippen molar-refractivity contribution in [3.05, 3.63) is 71.8 Å². The summed E-state index contributed by atoms with van der Waals surface area (Å²) in [6.07, 6.45) is 7.21. The first kappa shape index (κ1) is 22.7. The monoisotopic (exact) mass is 484 g/mol. The van der Waals surface area contributed by atoms with Crippen LogP contribution < -0.4 is 10.2 Å². The Morgan fingerprint density at radius 1 is 0.889 bits per heavy atom. The van der Waals surface area contributed by atoms with Crippen molar-refractivity contribution < 1.29 is 23.9 Å². The number of anilines is 2. The number of carbonyl (C=O) groups is 4. The van der Waals surface area contributed by atoms with Crippen LogP contribution >= 0.6 is 0 Å². The van der Waals surface area contributed by atoms with Gasteiger partial charge in [0.2, 0.25) is 11.8 Å². The molecular weight excluding hydrogens is 456 g/mol. The number of ether oxygens (including phenoxy) is 1. The first-order valence-electron chi connectivity index (χ1n) is 12.7. The highest BCUT2D eigenvalue weighted by Gasteiger charge is 2.67. The van der Waals surface area contributed by atoms with Crippen LogP contribution in [0.3, 0.4) is 0 Å². The van der Waals surface area contributed by atoms with Gasteiger partial charge in [0, 0.05) is 11.3 Å². The number of esters is 1. The maximum Gasteiger partial charge on any atom is 0.338 e. The highest BCUT2D eigenvalue weighted by atomic mass is 16.5. The fraction of sp³-hybridized carbons (Fsp3) is 0.379. The lowest BCUT2D eigenvalue weighted by Gasteiger charge is -2.37. The van der Waals surface area contributed by atoms with Crippen molar-refractivity contribution >= 4 is 35.1 Å². The molecule has 1 saturated heterocycles. The molecule has 6 atom stereocenters. The minimum Gasteiger partial charge on any atom is -0.462 e. The van der Waals surface area contributed by atoms with E-state index in [1.165, 1.54) is 4.90 Å². The summed E-state index contributed by atoms with van der Waals surface area (Å²) < 4.78 is 5.20. The van der Waals surface area contributed by atoms with Crippen molar-refractivity contribution in [2.75, 3.05) is 16.8 Å². The molecule has 0 aromatic heterocycles. The Hall–Kier alpha value is -3.74. The van der Waals surface area contributed by atoms with E-state index in [0.717, 1.165) is 19.3 Å². The Morgan fingerprint density at radius 2 is 1.47 bits per heavy atom. The Kier molecular flexibility index (Phi) is 5.51. The Balaban J connectivity index is 1.11. The fourth-order valence-electron chi connectivity index (χ4n) is 6.26. The van der Waals surface area contributed by atoms with Gasteiger partial charge in [-0.2, -0.15) is 0 Å². The number of allylic oxidation sites excluding steroid dienone is 2. The highest BCUT2D eigenvalue weighted by molar-refractivity contribution is 6.22. The predicted molar refractivity (Wildman–Crippen MR) is 133 cm³/mol. The van der Waals surface area contributed by atoms with Crippen LogP contribution in [0.5, 0.6) is 0 Å². The number of amides is 3. The Morgan fingerprint density at radius 3 is 2.06 bits per heavy atom. The van der Waals surface area contributed by atoms with Crippen LogP contribution in [0, 0.1) is 35.5 Å². The fourth-order valence-corrected chi connectivity index (χ4v) is 6.26. The van der Waals surface area contributed by atoms with Crippen molar-refractivity contribution in [3.8, 4) is 0 Å². The van der Waals surface area contributed by atoms with Gasteiger partial charge >= 0.3 is 5.97 Å². The molecule has 7 heteroatoms. The third kappa shape index (κ3) is 3.65. The SMILES string of the molecule is CCCCOC(=O)c1ccc(NC(=O)c2ccc(N3C(=O)[C@@H]4[C@H]5C=C[C@@H]([C@@H]6C[C@@H]56)[C@H]4C3=O)cc2)cc1. The molecule has 7 nitrogen and oxygen atoms in total. The molecule has 2 bridgehead atoms. The van der Waals surface area contributed by atoms with E-state index < -0.39 is 0 Å². The van der Waals surface area contributed by atoms with Crippen molar-refractivity contribution in [3.63, 3.8) is 0 Å². The number of carbonyl (C=O) groups excluding carboxylic acids is 4. The average Bonchev–Trinajstić information content (AvgIpc) is 3.67. The molecular formula is C29H28N2O5. The minimum atomic E-state index is -0.386. The van der Waals surface area contributed by atoms with E-state index in [4.69, 9.17) is 4.74 Å². The number of imide groups is 1. The van der Waals surface area contributed by atoms with Gasteiger partial charge in [-0.25, -0.2) is 4.79 Å². The third-order valence-corrected chi connectivity index (χ3v) is 8.16. The molecule has 0 unspecified atom stereocenters. The normalized spacial score (nSPS) is 29.1. The lowest BCUT2D eigenvalue weighted by atomic mass is 9.63. The molecule has 2 aromatic rings.